The minimum atomic E-state index is -1.51. The predicted octanol–water partition coefficient (Wildman–Crippen LogP) is 5.24. The normalized spacial score (nSPS) is 11.4. The molecule has 0 radical (unpaired) electrons. The van der Waals surface area contributed by atoms with Crippen molar-refractivity contribution in [3.05, 3.63) is 24.9 Å². The number of unbranched alkanes of at least 4 members (excludes halogenated alkanes) is 7. The lowest BCUT2D eigenvalue weighted by atomic mass is 10.1. The Kier molecular flexibility index (Phi) is 10.6. The first-order valence-electron chi connectivity index (χ1n) is 7.01. The standard InChI is InChI=1S/C15H30OSi/c1-5-7-8-9-10-11-12-13-14-15-16-17(3,4)6-2/h5-6H,1-2,7-15H2,3-4H3. The van der Waals surface area contributed by atoms with E-state index in [-0.39, 0.29) is 0 Å². The molecule has 0 aliphatic heterocycles. The van der Waals surface area contributed by atoms with Gasteiger partial charge in [0.15, 0.2) is 0 Å². The molecule has 0 aromatic rings. The first kappa shape index (κ1) is 16.7. The van der Waals surface area contributed by atoms with Crippen LogP contribution in [0.2, 0.25) is 13.1 Å². The molecule has 0 rings (SSSR count). The molecule has 0 aromatic carbocycles. The molecule has 0 unspecified atom stereocenters. The maximum atomic E-state index is 5.85. The van der Waals surface area contributed by atoms with Crippen molar-refractivity contribution in [1.82, 2.24) is 0 Å². The summed E-state index contributed by atoms with van der Waals surface area (Å²) in [4.78, 5) is 0. The Hall–Kier alpha value is -0.343. The van der Waals surface area contributed by atoms with Crippen LogP contribution in [0.3, 0.4) is 0 Å². The van der Waals surface area contributed by atoms with E-state index in [9.17, 15) is 0 Å². The van der Waals surface area contributed by atoms with Gasteiger partial charge < -0.3 is 4.43 Å². The zero-order valence-corrected chi connectivity index (χ0v) is 12.8. The summed E-state index contributed by atoms with van der Waals surface area (Å²) in [5.41, 5.74) is 2.01. The molecule has 100 valence electrons. The van der Waals surface area contributed by atoms with Crippen LogP contribution in [-0.2, 0) is 4.43 Å². The van der Waals surface area contributed by atoms with Crippen molar-refractivity contribution in [3.63, 3.8) is 0 Å². The Morgan fingerprint density at radius 1 is 0.882 bits per heavy atom. The van der Waals surface area contributed by atoms with Crippen LogP contribution in [0.4, 0.5) is 0 Å². The number of allylic oxidation sites excluding steroid dienone is 1. The zero-order chi connectivity index (χ0) is 13.0. The Bertz CT molecular complexity index is 199. The van der Waals surface area contributed by atoms with Gasteiger partial charge >= 0.3 is 0 Å². The third-order valence-electron chi connectivity index (χ3n) is 3.02. The van der Waals surface area contributed by atoms with Crippen LogP contribution < -0.4 is 0 Å². The molecule has 1 nitrogen and oxygen atoms in total. The minimum absolute atomic E-state index is 0.918. The molecule has 0 aliphatic carbocycles. The quantitative estimate of drug-likeness (QED) is 0.263. The van der Waals surface area contributed by atoms with E-state index in [2.05, 4.69) is 26.3 Å². The average molecular weight is 254 g/mol. The molecule has 0 fully saturated rings. The molecule has 0 bridgehead atoms. The summed E-state index contributed by atoms with van der Waals surface area (Å²) >= 11 is 0. The molecule has 17 heavy (non-hydrogen) atoms. The van der Waals surface area contributed by atoms with Crippen molar-refractivity contribution in [1.29, 1.82) is 0 Å². The number of hydrogen-bond acceptors (Lipinski definition) is 1. The highest BCUT2D eigenvalue weighted by Gasteiger charge is 2.16. The van der Waals surface area contributed by atoms with Crippen molar-refractivity contribution in [2.24, 2.45) is 0 Å². The van der Waals surface area contributed by atoms with Crippen LogP contribution in [0.15, 0.2) is 24.9 Å². The lowest BCUT2D eigenvalue weighted by Crippen LogP contribution is -2.27. The van der Waals surface area contributed by atoms with Gasteiger partial charge in [-0.05, 0) is 32.4 Å². The smallest absolute Gasteiger partial charge is 0.210 e. The summed E-state index contributed by atoms with van der Waals surface area (Å²) < 4.78 is 5.85. The third-order valence-corrected chi connectivity index (χ3v) is 4.95. The van der Waals surface area contributed by atoms with Crippen LogP contribution in [-0.4, -0.2) is 14.9 Å². The molecule has 0 heterocycles. The van der Waals surface area contributed by atoms with Gasteiger partial charge in [0.05, 0.1) is 0 Å². The summed E-state index contributed by atoms with van der Waals surface area (Å²) in [5, 5.41) is 0. The monoisotopic (exact) mass is 254 g/mol. The van der Waals surface area contributed by atoms with E-state index in [0.717, 1.165) is 6.61 Å². The van der Waals surface area contributed by atoms with E-state index >= 15 is 0 Å². The fourth-order valence-corrected chi connectivity index (χ4v) is 2.46. The predicted molar refractivity (Wildman–Crippen MR) is 80.8 cm³/mol. The lowest BCUT2D eigenvalue weighted by Gasteiger charge is -2.17. The Balaban J connectivity index is 3.13. The molecule has 0 aliphatic rings. The molecular weight excluding hydrogens is 224 g/mol. The Labute approximate surface area is 109 Å². The summed E-state index contributed by atoms with van der Waals surface area (Å²) in [6.45, 7) is 12.9. The van der Waals surface area contributed by atoms with Crippen molar-refractivity contribution in [3.8, 4) is 0 Å². The molecule has 2 heteroatoms. The first-order valence-corrected chi connectivity index (χ1v) is 9.99. The van der Waals surface area contributed by atoms with Crippen LogP contribution in [0.5, 0.6) is 0 Å². The average Bonchev–Trinajstić information content (AvgIpc) is 2.31. The summed E-state index contributed by atoms with van der Waals surface area (Å²) in [6, 6.07) is 0. The topological polar surface area (TPSA) is 9.23 Å². The summed E-state index contributed by atoms with van der Waals surface area (Å²) in [6.07, 6.45) is 12.5. The van der Waals surface area contributed by atoms with E-state index in [1.165, 1.54) is 51.4 Å². The molecule has 0 saturated heterocycles. The SMILES string of the molecule is C=CCCCCCCCCCO[Si](C)(C)C=C. The van der Waals surface area contributed by atoms with Gasteiger partial charge in [-0.3, -0.25) is 0 Å². The fourth-order valence-electron chi connectivity index (χ4n) is 1.67. The molecule has 0 N–H and O–H groups in total. The zero-order valence-electron chi connectivity index (χ0n) is 11.8. The van der Waals surface area contributed by atoms with E-state index in [1.54, 1.807) is 0 Å². The van der Waals surface area contributed by atoms with Gasteiger partial charge in [-0.2, -0.15) is 0 Å². The molecule has 0 amide bonds. The van der Waals surface area contributed by atoms with Gasteiger partial charge in [-0.25, -0.2) is 0 Å². The van der Waals surface area contributed by atoms with Gasteiger partial charge in [-0.15, -0.1) is 13.2 Å². The van der Waals surface area contributed by atoms with Crippen molar-refractivity contribution in [2.75, 3.05) is 6.61 Å². The van der Waals surface area contributed by atoms with Crippen LogP contribution in [0, 0.1) is 0 Å². The fraction of sp³-hybridized carbons (Fsp3) is 0.733. The van der Waals surface area contributed by atoms with E-state index in [0.29, 0.717) is 0 Å². The molecule has 0 spiro atoms. The van der Waals surface area contributed by atoms with Gasteiger partial charge in [-0.1, -0.05) is 43.9 Å². The molecule has 0 aromatic heterocycles. The second kappa shape index (κ2) is 10.8. The van der Waals surface area contributed by atoms with E-state index in [1.807, 2.05) is 11.8 Å². The lowest BCUT2D eigenvalue weighted by molar-refractivity contribution is 0.301. The van der Waals surface area contributed by atoms with Gasteiger partial charge in [0, 0.05) is 6.61 Å². The second-order valence-corrected chi connectivity index (χ2v) is 9.11. The second-order valence-electron chi connectivity index (χ2n) is 5.21. The largest absolute Gasteiger partial charge is 0.414 e. The van der Waals surface area contributed by atoms with Crippen LogP contribution >= 0.6 is 0 Å². The Morgan fingerprint density at radius 2 is 1.41 bits per heavy atom. The van der Waals surface area contributed by atoms with Crippen LogP contribution in [0.1, 0.15) is 51.4 Å². The summed E-state index contributed by atoms with van der Waals surface area (Å²) in [7, 11) is -1.51. The van der Waals surface area contributed by atoms with Gasteiger partial charge in [0.1, 0.15) is 0 Å². The van der Waals surface area contributed by atoms with E-state index < -0.39 is 8.32 Å². The molecule has 0 atom stereocenters. The number of hydrogen-bond donors (Lipinski definition) is 0. The first-order chi connectivity index (χ1) is 8.12. The number of rotatable bonds is 12. The van der Waals surface area contributed by atoms with Crippen molar-refractivity contribution in [2.45, 2.75) is 64.5 Å². The maximum absolute atomic E-state index is 5.85. The highest BCUT2D eigenvalue weighted by Crippen LogP contribution is 2.10. The minimum Gasteiger partial charge on any atom is -0.414 e. The highest BCUT2D eigenvalue weighted by atomic mass is 28.4. The third kappa shape index (κ3) is 11.9. The Morgan fingerprint density at radius 3 is 1.94 bits per heavy atom. The molecular formula is C15H30OSi. The molecule has 0 saturated carbocycles. The van der Waals surface area contributed by atoms with Crippen molar-refractivity contribution < 1.29 is 4.43 Å². The van der Waals surface area contributed by atoms with Gasteiger partial charge in [0.25, 0.3) is 0 Å². The van der Waals surface area contributed by atoms with Gasteiger partial charge in [0.2, 0.25) is 8.32 Å². The maximum Gasteiger partial charge on any atom is 0.210 e. The van der Waals surface area contributed by atoms with Crippen LogP contribution in [0.25, 0.3) is 0 Å². The summed E-state index contributed by atoms with van der Waals surface area (Å²) in [5.74, 6) is 0. The van der Waals surface area contributed by atoms with Crippen molar-refractivity contribution >= 4 is 8.32 Å². The van der Waals surface area contributed by atoms with E-state index in [4.69, 9.17) is 4.43 Å². The highest BCUT2D eigenvalue weighted by molar-refractivity contribution is 6.76.